The molecule has 0 aromatic carbocycles. The van der Waals surface area contributed by atoms with E-state index in [9.17, 15) is 14.4 Å². The summed E-state index contributed by atoms with van der Waals surface area (Å²) in [5.41, 5.74) is 0. The Labute approximate surface area is 138 Å². The normalized spacial score (nSPS) is 12.0. The number of carbonyl (C=O) groups excluding carboxylic acids is 3. The van der Waals surface area contributed by atoms with Gasteiger partial charge in [0.05, 0.1) is 6.61 Å². The van der Waals surface area contributed by atoms with Gasteiger partial charge in [0.2, 0.25) is 0 Å². The Bertz CT molecular complexity index is 353. The lowest BCUT2D eigenvalue weighted by atomic mass is 10.0. The summed E-state index contributed by atoms with van der Waals surface area (Å²) in [6.07, 6.45) is 8.36. The third-order valence-electron chi connectivity index (χ3n) is 3.56. The summed E-state index contributed by atoms with van der Waals surface area (Å²) in [7, 11) is 0. The molecular formula is C17H30O6. The highest BCUT2D eigenvalue weighted by molar-refractivity contribution is 5.99. The molecule has 2 N–H and O–H groups in total. The number of ether oxygens (including phenoxy) is 1. The molecule has 0 heterocycles. The molecule has 0 aliphatic carbocycles. The molecule has 0 spiro atoms. The smallest absolute Gasteiger partial charge is 0.345 e. The molecule has 0 bridgehead atoms. The van der Waals surface area contributed by atoms with Gasteiger partial charge in [-0.15, -0.1) is 0 Å². The Balaban J connectivity index is 3.56. The van der Waals surface area contributed by atoms with E-state index < -0.39 is 31.1 Å². The molecule has 0 radical (unpaired) electrons. The maximum atomic E-state index is 11.6. The van der Waals surface area contributed by atoms with Crippen molar-refractivity contribution in [1.29, 1.82) is 0 Å². The minimum atomic E-state index is -1.74. The minimum absolute atomic E-state index is 0.274. The molecule has 134 valence electrons. The fourth-order valence-electron chi connectivity index (χ4n) is 2.17. The molecule has 0 saturated carbocycles. The second-order valence-corrected chi connectivity index (χ2v) is 5.79. The number of unbranched alkanes of at least 4 members (excludes halogenated alkanes) is 8. The molecule has 1 unspecified atom stereocenters. The van der Waals surface area contributed by atoms with E-state index in [4.69, 9.17) is 10.2 Å². The molecule has 0 aliphatic heterocycles. The number of aliphatic hydroxyl groups excluding tert-OH is 2. The lowest BCUT2D eigenvalue weighted by Gasteiger charge is -2.06. The topological polar surface area (TPSA) is 101 Å². The van der Waals surface area contributed by atoms with Gasteiger partial charge in [-0.25, -0.2) is 4.79 Å². The fraction of sp³-hybridized carbons (Fsp3) is 0.824. The highest BCUT2D eigenvalue weighted by Crippen LogP contribution is 2.11. The number of rotatable bonds is 14. The maximum Gasteiger partial charge on any atom is 0.345 e. The van der Waals surface area contributed by atoms with Crippen molar-refractivity contribution in [3.8, 4) is 0 Å². The predicted octanol–water partition coefficient (Wildman–Crippen LogP) is 2.29. The largest absolute Gasteiger partial charge is 0.393 e. The van der Waals surface area contributed by atoms with Crippen LogP contribution in [0.15, 0.2) is 0 Å². The van der Waals surface area contributed by atoms with Crippen molar-refractivity contribution in [3.63, 3.8) is 0 Å². The van der Waals surface area contributed by atoms with Crippen LogP contribution in [0.5, 0.6) is 0 Å². The molecule has 0 aromatic rings. The zero-order valence-electron chi connectivity index (χ0n) is 14.1. The molecule has 0 saturated heterocycles. The van der Waals surface area contributed by atoms with Crippen LogP contribution in [0, 0.1) is 0 Å². The van der Waals surface area contributed by atoms with Gasteiger partial charge < -0.3 is 14.9 Å². The van der Waals surface area contributed by atoms with Crippen molar-refractivity contribution >= 4 is 17.7 Å². The molecule has 6 heteroatoms. The van der Waals surface area contributed by atoms with Crippen molar-refractivity contribution in [2.45, 2.75) is 83.7 Å². The number of ketones is 1. The standard InChI is InChI=1S/C17H30O6/c1-2-3-4-5-6-7-8-9-10-11-14(19)12-16(21)23-17(22)15(20)13-18/h15,18,20H,2-13H2,1H3. The lowest BCUT2D eigenvalue weighted by molar-refractivity contribution is -0.167. The van der Waals surface area contributed by atoms with E-state index in [0.717, 1.165) is 19.3 Å². The first-order valence-electron chi connectivity index (χ1n) is 8.56. The molecule has 0 aromatic heterocycles. The van der Waals surface area contributed by atoms with E-state index in [1.807, 2.05) is 0 Å². The van der Waals surface area contributed by atoms with Crippen molar-refractivity contribution < 1.29 is 29.3 Å². The van der Waals surface area contributed by atoms with Gasteiger partial charge in [0.25, 0.3) is 0 Å². The Morgan fingerprint density at radius 1 is 0.913 bits per heavy atom. The lowest BCUT2D eigenvalue weighted by Crippen LogP contribution is -2.29. The van der Waals surface area contributed by atoms with Crippen LogP contribution in [0.4, 0.5) is 0 Å². The third kappa shape index (κ3) is 12.9. The van der Waals surface area contributed by atoms with Gasteiger partial charge in [0.1, 0.15) is 12.2 Å². The van der Waals surface area contributed by atoms with Gasteiger partial charge in [-0.3, -0.25) is 9.59 Å². The second kappa shape index (κ2) is 14.3. The number of esters is 2. The highest BCUT2D eigenvalue weighted by Gasteiger charge is 2.20. The van der Waals surface area contributed by atoms with Gasteiger partial charge in [0, 0.05) is 6.42 Å². The van der Waals surface area contributed by atoms with Gasteiger partial charge in [-0.1, -0.05) is 58.3 Å². The van der Waals surface area contributed by atoms with Crippen LogP contribution in [0.25, 0.3) is 0 Å². The number of hydrogen-bond acceptors (Lipinski definition) is 6. The van der Waals surface area contributed by atoms with Crippen LogP contribution in [-0.2, 0) is 19.1 Å². The maximum absolute atomic E-state index is 11.6. The van der Waals surface area contributed by atoms with E-state index in [1.165, 1.54) is 38.5 Å². The first-order valence-corrected chi connectivity index (χ1v) is 8.56. The highest BCUT2D eigenvalue weighted by atomic mass is 16.6. The average molecular weight is 330 g/mol. The number of aliphatic hydroxyl groups is 2. The molecule has 0 amide bonds. The monoisotopic (exact) mass is 330 g/mol. The van der Waals surface area contributed by atoms with Crippen molar-refractivity contribution in [1.82, 2.24) is 0 Å². The molecule has 6 nitrogen and oxygen atoms in total. The van der Waals surface area contributed by atoms with Crippen LogP contribution in [0.1, 0.15) is 77.6 Å². The number of hydrogen-bond donors (Lipinski definition) is 2. The van der Waals surface area contributed by atoms with Crippen LogP contribution in [0.3, 0.4) is 0 Å². The molecule has 1 atom stereocenters. The Kier molecular flexibility index (Phi) is 13.5. The summed E-state index contributed by atoms with van der Waals surface area (Å²) >= 11 is 0. The van der Waals surface area contributed by atoms with Crippen molar-refractivity contribution in [2.24, 2.45) is 0 Å². The summed E-state index contributed by atoms with van der Waals surface area (Å²) in [4.78, 5) is 33.9. The number of carbonyl (C=O) groups is 3. The fourth-order valence-corrected chi connectivity index (χ4v) is 2.17. The Morgan fingerprint density at radius 3 is 1.96 bits per heavy atom. The van der Waals surface area contributed by atoms with Crippen LogP contribution in [-0.4, -0.2) is 40.6 Å². The van der Waals surface area contributed by atoms with Gasteiger partial charge in [-0.2, -0.15) is 0 Å². The SMILES string of the molecule is CCCCCCCCCCCC(=O)CC(=O)OC(=O)C(O)CO. The zero-order chi connectivity index (χ0) is 17.5. The Hall–Kier alpha value is -1.27. The zero-order valence-corrected chi connectivity index (χ0v) is 14.1. The average Bonchev–Trinajstić information content (AvgIpc) is 2.52. The summed E-state index contributed by atoms with van der Waals surface area (Å²) in [6.45, 7) is 1.37. The van der Waals surface area contributed by atoms with Gasteiger partial charge in [-0.05, 0) is 6.42 Å². The van der Waals surface area contributed by atoms with E-state index in [2.05, 4.69) is 11.7 Å². The third-order valence-corrected chi connectivity index (χ3v) is 3.56. The van der Waals surface area contributed by atoms with Gasteiger partial charge >= 0.3 is 11.9 Å². The Morgan fingerprint density at radius 2 is 1.43 bits per heavy atom. The molecular weight excluding hydrogens is 300 g/mol. The summed E-state index contributed by atoms with van der Waals surface area (Å²) < 4.78 is 4.26. The molecule has 0 aliphatic rings. The molecule has 0 fully saturated rings. The molecule has 23 heavy (non-hydrogen) atoms. The summed E-state index contributed by atoms with van der Waals surface area (Å²) in [6, 6.07) is 0. The van der Waals surface area contributed by atoms with Gasteiger partial charge in [0.15, 0.2) is 6.10 Å². The van der Waals surface area contributed by atoms with Crippen LogP contribution >= 0.6 is 0 Å². The first-order chi connectivity index (χ1) is 11.0. The van der Waals surface area contributed by atoms with E-state index in [1.54, 1.807) is 0 Å². The van der Waals surface area contributed by atoms with E-state index in [-0.39, 0.29) is 5.78 Å². The van der Waals surface area contributed by atoms with Crippen LogP contribution < -0.4 is 0 Å². The summed E-state index contributed by atoms with van der Waals surface area (Å²) in [5, 5.41) is 17.5. The number of Topliss-reactive ketones (excluding diaryl/α,β-unsaturated/α-hetero) is 1. The van der Waals surface area contributed by atoms with E-state index >= 15 is 0 Å². The van der Waals surface area contributed by atoms with Crippen molar-refractivity contribution in [3.05, 3.63) is 0 Å². The second-order valence-electron chi connectivity index (χ2n) is 5.79. The first kappa shape index (κ1) is 21.7. The summed E-state index contributed by atoms with van der Waals surface area (Å²) in [5.74, 6) is -2.49. The van der Waals surface area contributed by atoms with Crippen molar-refractivity contribution in [2.75, 3.05) is 6.61 Å². The molecule has 0 rings (SSSR count). The van der Waals surface area contributed by atoms with E-state index in [0.29, 0.717) is 6.42 Å². The minimum Gasteiger partial charge on any atom is -0.393 e. The van der Waals surface area contributed by atoms with Crippen LogP contribution in [0.2, 0.25) is 0 Å². The quantitative estimate of drug-likeness (QED) is 0.288. The predicted molar refractivity (Wildman–Crippen MR) is 85.7 cm³/mol.